The molecule has 0 atom stereocenters. The van der Waals surface area contributed by atoms with Crippen molar-refractivity contribution in [1.29, 1.82) is 0 Å². The number of anilines is 1. The number of hydrogen-bond acceptors (Lipinski definition) is 6. The number of piperazine rings is 1. The fraction of sp³-hybridized carbons (Fsp3) is 0.250. The maximum atomic E-state index is 14.0. The zero-order valence-electron chi connectivity index (χ0n) is 17.6. The number of nitrogens with zero attached hydrogens (tertiary/aromatic N) is 4. The Labute approximate surface area is 188 Å². The van der Waals surface area contributed by atoms with Crippen molar-refractivity contribution in [1.82, 2.24) is 14.9 Å². The van der Waals surface area contributed by atoms with E-state index in [4.69, 9.17) is 4.74 Å². The van der Waals surface area contributed by atoms with Crippen LogP contribution in [0.15, 0.2) is 54.2 Å². The quantitative estimate of drug-likeness (QED) is 0.428. The van der Waals surface area contributed by atoms with Gasteiger partial charge in [-0.25, -0.2) is 18.7 Å². The zero-order valence-corrected chi connectivity index (χ0v) is 18.4. The SMILES string of the molecule is COc1ccc(CN2CCN(c3ncnc4scc(-c5ccc(F)cc5)c34)CC2)cc1F. The first kappa shape index (κ1) is 20.8. The molecule has 1 fully saturated rings. The molecule has 0 aliphatic carbocycles. The van der Waals surface area contributed by atoms with E-state index in [0.717, 1.165) is 58.9 Å². The molecule has 5 nitrogen and oxygen atoms in total. The summed E-state index contributed by atoms with van der Waals surface area (Å²) in [5.41, 5.74) is 2.91. The molecule has 2 aromatic carbocycles. The van der Waals surface area contributed by atoms with Gasteiger partial charge in [-0.3, -0.25) is 4.90 Å². The fourth-order valence-electron chi connectivity index (χ4n) is 4.13. The third-order valence-corrected chi connectivity index (χ3v) is 6.69. The summed E-state index contributed by atoms with van der Waals surface area (Å²) in [5, 5.41) is 3.07. The Morgan fingerprint density at radius 1 is 1.00 bits per heavy atom. The molecule has 0 bridgehead atoms. The topological polar surface area (TPSA) is 41.5 Å². The molecule has 8 heteroatoms. The van der Waals surface area contributed by atoms with Gasteiger partial charge in [-0.1, -0.05) is 18.2 Å². The first-order valence-electron chi connectivity index (χ1n) is 10.4. The van der Waals surface area contributed by atoms with E-state index in [2.05, 4.69) is 25.1 Å². The second-order valence-corrected chi connectivity index (χ2v) is 8.62. The van der Waals surface area contributed by atoms with E-state index in [1.54, 1.807) is 41.9 Å². The third-order valence-electron chi connectivity index (χ3n) is 5.80. The van der Waals surface area contributed by atoms with Gasteiger partial charge in [0.15, 0.2) is 11.6 Å². The normalized spacial score (nSPS) is 14.8. The van der Waals surface area contributed by atoms with Crippen molar-refractivity contribution in [3.8, 4) is 16.9 Å². The van der Waals surface area contributed by atoms with E-state index in [1.807, 2.05) is 6.07 Å². The Morgan fingerprint density at radius 3 is 2.50 bits per heavy atom. The monoisotopic (exact) mass is 452 g/mol. The third kappa shape index (κ3) is 4.03. The van der Waals surface area contributed by atoms with Crippen LogP contribution in [0.4, 0.5) is 14.6 Å². The molecule has 0 saturated carbocycles. The molecule has 0 radical (unpaired) electrons. The standard InChI is InChI=1S/C24H22F2N4OS/c1-31-21-7-2-16(12-20(21)26)13-29-8-10-30(11-9-29)23-22-19(14-32-24(22)28-15-27-23)17-3-5-18(25)6-4-17/h2-7,12,14-15H,8-11,13H2,1H3. The van der Waals surface area contributed by atoms with Gasteiger partial charge in [0, 0.05) is 43.7 Å². The van der Waals surface area contributed by atoms with E-state index in [0.29, 0.717) is 6.54 Å². The molecule has 1 aliphatic rings. The van der Waals surface area contributed by atoms with Gasteiger partial charge in [0.1, 0.15) is 22.8 Å². The fourth-order valence-corrected chi connectivity index (χ4v) is 5.04. The minimum atomic E-state index is -0.335. The van der Waals surface area contributed by atoms with Gasteiger partial charge in [-0.05, 0) is 35.4 Å². The molecule has 164 valence electrons. The highest BCUT2D eigenvalue weighted by molar-refractivity contribution is 7.17. The lowest BCUT2D eigenvalue weighted by atomic mass is 10.1. The number of aromatic nitrogens is 2. The molecule has 1 aliphatic heterocycles. The van der Waals surface area contributed by atoms with Crippen molar-refractivity contribution < 1.29 is 13.5 Å². The number of methoxy groups -OCH3 is 1. The van der Waals surface area contributed by atoms with Gasteiger partial charge in [0.25, 0.3) is 0 Å². The molecule has 5 rings (SSSR count). The lowest BCUT2D eigenvalue weighted by Gasteiger charge is -2.35. The molecule has 0 amide bonds. The highest BCUT2D eigenvalue weighted by Gasteiger charge is 2.22. The Morgan fingerprint density at radius 2 is 1.78 bits per heavy atom. The second-order valence-electron chi connectivity index (χ2n) is 7.77. The summed E-state index contributed by atoms with van der Waals surface area (Å²) in [5.74, 6) is 0.584. The summed E-state index contributed by atoms with van der Waals surface area (Å²) in [7, 11) is 1.47. The summed E-state index contributed by atoms with van der Waals surface area (Å²) < 4.78 is 32.4. The molecule has 4 aromatic rings. The van der Waals surface area contributed by atoms with Crippen LogP contribution in [0.1, 0.15) is 5.56 Å². The molecule has 2 aromatic heterocycles. The van der Waals surface area contributed by atoms with Gasteiger partial charge >= 0.3 is 0 Å². The Kier molecular flexibility index (Phi) is 5.71. The minimum absolute atomic E-state index is 0.252. The first-order chi connectivity index (χ1) is 15.6. The van der Waals surface area contributed by atoms with Crippen LogP contribution < -0.4 is 9.64 Å². The van der Waals surface area contributed by atoms with Crippen molar-refractivity contribution >= 4 is 27.4 Å². The minimum Gasteiger partial charge on any atom is -0.494 e. The Balaban J connectivity index is 1.34. The van der Waals surface area contributed by atoms with Crippen molar-refractivity contribution in [3.05, 3.63) is 71.4 Å². The first-order valence-corrected chi connectivity index (χ1v) is 11.3. The van der Waals surface area contributed by atoms with E-state index in [9.17, 15) is 8.78 Å². The summed E-state index contributed by atoms with van der Waals surface area (Å²) in [6.07, 6.45) is 1.61. The van der Waals surface area contributed by atoms with E-state index >= 15 is 0 Å². The average molecular weight is 453 g/mol. The highest BCUT2D eigenvalue weighted by atomic mass is 32.1. The van der Waals surface area contributed by atoms with Crippen LogP contribution in [0.25, 0.3) is 21.3 Å². The number of halogens is 2. The molecule has 32 heavy (non-hydrogen) atoms. The Hall–Kier alpha value is -3.10. The van der Waals surface area contributed by atoms with Gasteiger partial charge < -0.3 is 9.64 Å². The zero-order chi connectivity index (χ0) is 22.1. The van der Waals surface area contributed by atoms with Gasteiger partial charge in [0.05, 0.1) is 12.5 Å². The maximum absolute atomic E-state index is 14.0. The number of benzene rings is 2. The van der Waals surface area contributed by atoms with Crippen molar-refractivity contribution in [2.45, 2.75) is 6.54 Å². The van der Waals surface area contributed by atoms with Crippen LogP contribution in [0.5, 0.6) is 5.75 Å². The van der Waals surface area contributed by atoms with E-state index in [-0.39, 0.29) is 17.4 Å². The van der Waals surface area contributed by atoms with Crippen LogP contribution in [0, 0.1) is 11.6 Å². The molecular formula is C24H22F2N4OS. The summed E-state index contributed by atoms with van der Waals surface area (Å²) in [6, 6.07) is 11.7. The second kappa shape index (κ2) is 8.80. The maximum Gasteiger partial charge on any atom is 0.165 e. The van der Waals surface area contributed by atoms with E-state index < -0.39 is 0 Å². The largest absolute Gasteiger partial charge is 0.494 e. The van der Waals surface area contributed by atoms with Crippen LogP contribution in [-0.2, 0) is 6.54 Å². The number of ether oxygens (including phenoxy) is 1. The number of fused-ring (bicyclic) bond motifs is 1. The predicted molar refractivity (Wildman–Crippen MR) is 123 cm³/mol. The van der Waals surface area contributed by atoms with Crippen LogP contribution >= 0.6 is 11.3 Å². The van der Waals surface area contributed by atoms with Crippen LogP contribution in [0.3, 0.4) is 0 Å². The number of rotatable bonds is 5. The average Bonchev–Trinajstić information content (AvgIpc) is 3.25. The molecule has 0 N–H and O–H groups in total. The van der Waals surface area contributed by atoms with Gasteiger partial charge in [0.2, 0.25) is 0 Å². The summed E-state index contributed by atoms with van der Waals surface area (Å²) in [4.78, 5) is 14.6. The number of hydrogen-bond donors (Lipinski definition) is 0. The van der Waals surface area contributed by atoms with Crippen molar-refractivity contribution in [2.24, 2.45) is 0 Å². The van der Waals surface area contributed by atoms with Crippen molar-refractivity contribution in [2.75, 3.05) is 38.2 Å². The molecule has 0 unspecified atom stereocenters. The highest BCUT2D eigenvalue weighted by Crippen LogP contribution is 2.38. The lowest BCUT2D eigenvalue weighted by molar-refractivity contribution is 0.249. The van der Waals surface area contributed by atoms with Gasteiger partial charge in [-0.15, -0.1) is 11.3 Å². The number of thiophene rings is 1. The van der Waals surface area contributed by atoms with E-state index in [1.165, 1.54) is 19.2 Å². The molecule has 0 spiro atoms. The molecule has 1 saturated heterocycles. The Bertz CT molecular complexity index is 1240. The van der Waals surface area contributed by atoms with Gasteiger partial charge in [-0.2, -0.15) is 0 Å². The molecule has 3 heterocycles. The van der Waals surface area contributed by atoms with Crippen molar-refractivity contribution in [3.63, 3.8) is 0 Å². The molecular weight excluding hydrogens is 430 g/mol. The summed E-state index contributed by atoms with van der Waals surface area (Å²) >= 11 is 1.57. The van der Waals surface area contributed by atoms with Crippen LogP contribution in [-0.4, -0.2) is 48.2 Å². The lowest BCUT2D eigenvalue weighted by Crippen LogP contribution is -2.46. The smallest absolute Gasteiger partial charge is 0.165 e. The van der Waals surface area contributed by atoms with Crippen LogP contribution in [0.2, 0.25) is 0 Å². The predicted octanol–water partition coefficient (Wildman–Crippen LogP) is 4.97. The summed E-state index contributed by atoms with van der Waals surface area (Å²) in [6.45, 7) is 3.99.